The SMILES string of the molecule is Cc1ccc2c(S(=O)(=O)Nc3ccc(Br)cc3F)c[nH]c2c1. The monoisotopic (exact) mass is 382 g/mol. The molecule has 114 valence electrons. The largest absolute Gasteiger partial charge is 0.360 e. The molecule has 0 atom stereocenters. The number of hydrogen-bond acceptors (Lipinski definition) is 2. The second-order valence-electron chi connectivity index (χ2n) is 4.93. The number of nitrogens with one attached hydrogen (secondary N) is 2. The first kappa shape index (κ1) is 15.1. The normalized spacial score (nSPS) is 11.8. The first-order valence-electron chi connectivity index (χ1n) is 6.42. The summed E-state index contributed by atoms with van der Waals surface area (Å²) in [7, 11) is -3.88. The van der Waals surface area contributed by atoms with Crippen molar-refractivity contribution in [1.82, 2.24) is 4.98 Å². The fourth-order valence-corrected chi connectivity index (χ4v) is 3.79. The zero-order valence-electron chi connectivity index (χ0n) is 11.5. The van der Waals surface area contributed by atoms with Gasteiger partial charge in [-0.1, -0.05) is 28.1 Å². The molecule has 1 aromatic heterocycles. The highest BCUT2D eigenvalue weighted by atomic mass is 79.9. The number of sulfonamides is 1. The zero-order valence-corrected chi connectivity index (χ0v) is 13.9. The highest BCUT2D eigenvalue weighted by Gasteiger charge is 2.20. The van der Waals surface area contributed by atoms with Crippen LogP contribution in [0.15, 0.2) is 52.0 Å². The number of hydrogen-bond donors (Lipinski definition) is 2. The Hall–Kier alpha value is -1.86. The van der Waals surface area contributed by atoms with Crippen LogP contribution in [-0.4, -0.2) is 13.4 Å². The highest BCUT2D eigenvalue weighted by molar-refractivity contribution is 9.10. The van der Waals surface area contributed by atoms with Gasteiger partial charge >= 0.3 is 0 Å². The van der Waals surface area contributed by atoms with E-state index in [1.54, 1.807) is 12.1 Å². The van der Waals surface area contributed by atoms with E-state index in [1.165, 1.54) is 18.3 Å². The average molecular weight is 383 g/mol. The van der Waals surface area contributed by atoms with Gasteiger partial charge in [0, 0.05) is 21.6 Å². The van der Waals surface area contributed by atoms with Gasteiger partial charge in [-0.25, -0.2) is 12.8 Å². The lowest BCUT2D eigenvalue weighted by molar-refractivity contribution is 0.599. The van der Waals surface area contributed by atoms with Crippen LogP contribution in [0.4, 0.5) is 10.1 Å². The van der Waals surface area contributed by atoms with Crippen LogP contribution in [0.2, 0.25) is 0 Å². The molecule has 0 radical (unpaired) electrons. The molecule has 0 saturated heterocycles. The molecule has 0 unspecified atom stereocenters. The van der Waals surface area contributed by atoms with Crippen LogP contribution in [0.3, 0.4) is 0 Å². The van der Waals surface area contributed by atoms with Crippen molar-refractivity contribution in [3.8, 4) is 0 Å². The summed E-state index contributed by atoms with van der Waals surface area (Å²) in [5.41, 5.74) is 1.64. The van der Waals surface area contributed by atoms with E-state index in [4.69, 9.17) is 0 Å². The number of fused-ring (bicyclic) bond motifs is 1. The molecule has 2 N–H and O–H groups in total. The second-order valence-corrected chi connectivity index (χ2v) is 7.50. The maximum absolute atomic E-state index is 13.8. The van der Waals surface area contributed by atoms with Crippen LogP contribution in [0.25, 0.3) is 10.9 Å². The lowest BCUT2D eigenvalue weighted by Gasteiger charge is -2.08. The number of aromatic amines is 1. The predicted molar refractivity (Wildman–Crippen MR) is 87.9 cm³/mol. The number of aromatic nitrogens is 1. The van der Waals surface area contributed by atoms with Crippen molar-refractivity contribution in [1.29, 1.82) is 0 Å². The van der Waals surface area contributed by atoms with Gasteiger partial charge in [0.05, 0.1) is 5.69 Å². The maximum Gasteiger partial charge on any atom is 0.264 e. The standard InChI is InChI=1S/C15H12BrFN2O2S/c1-9-2-4-11-14(6-9)18-8-15(11)22(20,21)19-13-5-3-10(16)7-12(13)17/h2-8,18-19H,1H3. The van der Waals surface area contributed by atoms with E-state index in [9.17, 15) is 12.8 Å². The third-order valence-electron chi connectivity index (χ3n) is 3.26. The van der Waals surface area contributed by atoms with Crippen LogP contribution in [0, 0.1) is 12.7 Å². The van der Waals surface area contributed by atoms with Crippen molar-refractivity contribution in [2.45, 2.75) is 11.8 Å². The summed E-state index contributed by atoms with van der Waals surface area (Å²) < 4.78 is 41.6. The van der Waals surface area contributed by atoms with Crippen molar-refractivity contribution < 1.29 is 12.8 Å². The third kappa shape index (κ3) is 2.74. The Labute approximate surface area is 135 Å². The molecule has 0 aliphatic carbocycles. The average Bonchev–Trinajstić information content (AvgIpc) is 2.85. The Morgan fingerprint density at radius 1 is 1.18 bits per heavy atom. The van der Waals surface area contributed by atoms with Gasteiger partial charge in [0.2, 0.25) is 0 Å². The van der Waals surface area contributed by atoms with E-state index in [1.807, 2.05) is 19.1 Å². The zero-order chi connectivity index (χ0) is 15.9. The summed E-state index contributed by atoms with van der Waals surface area (Å²) in [6, 6.07) is 9.56. The summed E-state index contributed by atoms with van der Waals surface area (Å²) in [4.78, 5) is 3.01. The van der Waals surface area contributed by atoms with E-state index in [2.05, 4.69) is 25.6 Å². The van der Waals surface area contributed by atoms with Crippen LogP contribution in [0.1, 0.15) is 5.56 Å². The van der Waals surface area contributed by atoms with E-state index >= 15 is 0 Å². The first-order valence-corrected chi connectivity index (χ1v) is 8.70. The predicted octanol–water partition coefficient (Wildman–Crippen LogP) is 4.18. The van der Waals surface area contributed by atoms with Crippen LogP contribution < -0.4 is 4.72 Å². The van der Waals surface area contributed by atoms with E-state index in [-0.39, 0.29) is 10.6 Å². The molecular weight excluding hydrogens is 371 g/mol. The molecule has 4 nitrogen and oxygen atoms in total. The van der Waals surface area contributed by atoms with E-state index < -0.39 is 15.8 Å². The molecule has 0 amide bonds. The molecule has 0 spiro atoms. The van der Waals surface area contributed by atoms with Crippen molar-refractivity contribution >= 4 is 42.5 Å². The van der Waals surface area contributed by atoms with Gasteiger partial charge in [0.25, 0.3) is 10.0 Å². The molecule has 1 heterocycles. The lowest BCUT2D eigenvalue weighted by Crippen LogP contribution is -2.13. The van der Waals surface area contributed by atoms with E-state index in [0.29, 0.717) is 9.86 Å². The summed E-state index contributed by atoms with van der Waals surface area (Å²) in [5, 5.41) is 0.565. The first-order chi connectivity index (χ1) is 10.4. The summed E-state index contributed by atoms with van der Waals surface area (Å²) >= 11 is 3.13. The van der Waals surface area contributed by atoms with E-state index in [0.717, 1.165) is 11.1 Å². The molecular formula is C15H12BrFN2O2S. The number of benzene rings is 2. The molecule has 0 aliphatic heterocycles. The van der Waals surface area contributed by atoms with Gasteiger partial charge in [-0.3, -0.25) is 4.72 Å². The van der Waals surface area contributed by atoms with Crippen molar-refractivity contribution in [2.24, 2.45) is 0 Å². The molecule has 3 aromatic rings. The maximum atomic E-state index is 13.8. The van der Waals surface area contributed by atoms with Gasteiger partial charge in [0.1, 0.15) is 10.7 Å². The van der Waals surface area contributed by atoms with Gasteiger partial charge in [0.15, 0.2) is 0 Å². The summed E-state index contributed by atoms with van der Waals surface area (Å²) in [6.07, 6.45) is 1.41. The molecule has 3 rings (SSSR count). The number of anilines is 1. The van der Waals surface area contributed by atoms with Gasteiger partial charge in [-0.2, -0.15) is 0 Å². The number of aryl methyl sites for hydroxylation is 1. The van der Waals surface area contributed by atoms with Gasteiger partial charge in [-0.05, 0) is 36.8 Å². The Kier molecular flexibility index (Phi) is 3.70. The Bertz CT molecular complexity index is 967. The molecule has 0 saturated carbocycles. The topological polar surface area (TPSA) is 62.0 Å². The smallest absolute Gasteiger partial charge is 0.264 e. The Morgan fingerprint density at radius 2 is 1.95 bits per heavy atom. The van der Waals surface area contributed by atoms with Crippen molar-refractivity contribution in [3.63, 3.8) is 0 Å². The summed E-state index contributed by atoms with van der Waals surface area (Å²) in [5.74, 6) is -0.645. The number of halogens is 2. The highest BCUT2D eigenvalue weighted by Crippen LogP contribution is 2.27. The molecule has 22 heavy (non-hydrogen) atoms. The summed E-state index contributed by atoms with van der Waals surface area (Å²) in [6.45, 7) is 1.92. The van der Waals surface area contributed by atoms with Crippen molar-refractivity contribution in [3.05, 3.63) is 58.4 Å². The fraction of sp³-hybridized carbons (Fsp3) is 0.0667. The quantitative estimate of drug-likeness (QED) is 0.713. The molecule has 0 fully saturated rings. The van der Waals surface area contributed by atoms with Gasteiger partial charge < -0.3 is 4.98 Å². The minimum Gasteiger partial charge on any atom is -0.360 e. The van der Waals surface area contributed by atoms with Crippen LogP contribution >= 0.6 is 15.9 Å². The fourth-order valence-electron chi connectivity index (χ4n) is 2.21. The van der Waals surface area contributed by atoms with Crippen molar-refractivity contribution in [2.75, 3.05) is 4.72 Å². The number of H-pyrrole nitrogens is 1. The second kappa shape index (κ2) is 5.40. The third-order valence-corrected chi connectivity index (χ3v) is 5.16. The molecule has 7 heteroatoms. The Morgan fingerprint density at radius 3 is 2.68 bits per heavy atom. The number of rotatable bonds is 3. The minimum absolute atomic E-state index is 0.0878. The molecule has 0 aliphatic rings. The minimum atomic E-state index is -3.88. The Balaban J connectivity index is 2.05. The van der Waals surface area contributed by atoms with Crippen LogP contribution in [0.5, 0.6) is 0 Å². The van der Waals surface area contributed by atoms with Crippen LogP contribution in [-0.2, 0) is 10.0 Å². The van der Waals surface area contributed by atoms with Gasteiger partial charge in [-0.15, -0.1) is 0 Å². The lowest BCUT2D eigenvalue weighted by atomic mass is 10.2. The molecule has 0 bridgehead atoms. The molecule has 2 aromatic carbocycles.